The molecule has 1 aliphatic rings. The standard InChI is InChI=1S/C19H24N4O2/c1-4-5-18(24)22-8-10-23(11-9-22)19(25)15-6-7-16-17(12-15)21-14(3)13(2)20-16/h6-7,12H,4-5,8-11H2,1-3H3. The van der Waals surface area contributed by atoms with Crippen LogP contribution < -0.4 is 0 Å². The molecule has 132 valence electrons. The monoisotopic (exact) mass is 340 g/mol. The minimum Gasteiger partial charge on any atom is -0.339 e. The third-order valence-corrected chi connectivity index (χ3v) is 4.71. The van der Waals surface area contributed by atoms with Gasteiger partial charge in [-0.1, -0.05) is 6.92 Å². The van der Waals surface area contributed by atoms with Gasteiger partial charge in [0, 0.05) is 38.2 Å². The summed E-state index contributed by atoms with van der Waals surface area (Å²) in [6.07, 6.45) is 1.44. The highest BCUT2D eigenvalue weighted by atomic mass is 16.2. The summed E-state index contributed by atoms with van der Waals surface area (Å²) in [5.74, 6) is 0.172. The number of nitrogens with zero attached hydrogens (tertiary/aromatic N) is 4. The van der Waals surface area contributed by atoms with Crippen LogP contribution in [0, 0.1) is 13.8 Å². The smallest absolute Gasteiger partial charge is 0.254 e. The first kappa shape index (κ1) is 17.3. The van der Waals surface area contributed by atoms with Crippen molar-refractivity contribution in [2.24, 2.45) is 0 Å². The van der Waals surface area contributed by atoms with Crippen LogP contribution in [-0.2, 0) is 4.79 Å². The Morgan fingerprint density at radius 3 is 2.20 bits per heavy atom. The van der Waals surface area contributed by atoms with Crippen molar-refractivity contribution in [1.82, 2.24) is 19.8 Å². The van der Waals surface area contributed by atoms with Crippen molar-refractivity contribution in [3.63, 3.8) is 0 Å². The molecule has 0 saturated carbocycles. The molecule has 0 bridgehead atoms. The maximum absolute atomic E-state index is 12.8. The summed E-state index contributed by atoms with van der Waals surface area (Å²) in [6.45, 7) is 8.22. The summed E-state index contributed by atoms with van der Waals surface area (Å²) in [4.78, 5) is 37.4. The van der Waals surface area contributed by atoms with Gasteiger partial charge in [0.15, 0.2) is 0 Å². The molecule has 2 amide bonds. The molecular weight excluding hydrogens is 316 g/mol. The largest absolute Gasteiger partial charge is 0.339 e. The van der Waals surface area contributed by atoms with Crippen molar-refractivity contribution in [1.29, 1.82) is 0 Å². The van der Waals surface area contributed by atoms with Gasteiger partial charge in [0.2, 0.25) is 5.91 Å². The van der Waals surface area contributed by atoms with Gasteiger partial charge in [0.25, 0.3) is 5.91 Å². The average molecular weight is 340 g/mol. The lowest BCUT2D eigenvalue weighted by Gasteiger charge is -2.34. The number of fused-ring (bicyclic) bond motifs is 1. The predicted octanol–water partition coefficient (Wildman–Crippen LogP) is 2.33. The fourth-order valence-electron chi connectivity index (χ4n) is 3.08. The third-order valence-electron chi connectivity index (χ3n) is 4.71. The van der Waals surface area contributed by atoms with Crippen molar-refractivity contribution >= 4 is 22.8 Å². The van der Waals surface area contributed by atoms with E-state index in [1.165, 1.54) is 0 Å². The first-order chi connectivity index (χ1) is 12.0. The molecule has 3 rings (SSSR count). The summed E-state index contributed by atoms with van der Waals surface area (Å²) in [5.41, 5.74) is 3.94. The minimum atomic E-state index is -0.00971. The highest BCUT2D eigenvalue weighted by Crippen LogP contribution is 2.17. The molecule has 6 heteroatoms. The molecule has 2 heterocycles. The summed E-state index contributed by atoms with van der Waals surface area (Å²) < 4.78 is 0. The van der Waals surface area contributed by atoms with E-state index in [0.717, 1.165) is 28.8 Å². The zero-order valence-electron chi connectivity index (χ0n) is 15.1. The van der Waals surface area contributed by atoms with Crippen LogP contribution in [0.2, 0.25) is 0 Å². The van der Waals surface area contributed by atoms with Gasteiger partial charge in [0.1, 0.15) is 0 Å². The van der Waals surface area contributed by atoms with E-state index in [4.69, 9.17) is 0 Å². The predicted molar refractivity (Wildman–Crippen MR) is 96.4 cm³/mol. The van der Waals surface area contributed by atoms with Crippen LogP contribution in [-0.4, -0.2) is 57.8 Å². The van der Waals surface area contributed by atoms with E-state index in [1.54, 1.807) is 0 Å². The van der Waals surface area contributed by atoms with Gasteiger partial charge in [-0.3, -0.25) is 9.59 Å². The van der Waals surface area contributed by atoms with Gasteiger partial charge in [0.05, 0.1) is 22.4 Å². The van der Waals surface area contributed by atoms with Gasteiger partial charge < -0.3 is 9.80 Å². The fourth-order valence-corrected chi connectivity index (χ4v) is 3.08. The number of aromatic nitrogens is 2. The second kappa shape index (κ2) is 7.17. The topological polar surface area (TPSA) is 66.4 Å². The molecule has 2 aromatic rings. The fraction of sp³-hybridized carbons (Fsp3) is 0.474. The number of rotatable bonds is 3. The lowest BCUT2D eigenvalue weighted by atomic mass is 10.1. The number of aryl methyl sites for hydroxylation is 2. The second-order valence-corrected chi connectivity index (χ2v) is 6.52. The van der Waals surface area contributed by atoms with Crippen molar-refractivity contribution in [2.75, 3.05) is 26.2 Å². The Morgan fingerprint density at radius 2 is 1.56 bits per heavy atom. The van der Waals surface area contributed by atoms with Gasteiger partial charge in [-0.25, -0.2) is 9.97 Å². The van der Waals surface area contributed by atoms with E-state index >= 15 is 0 Å². The van der Waals surface area contributed by atoms with Crippen molar-refractivity contribution in [2.45, 2.75) is 33.6 Å². The molecule has 25 heavy (non-hydrogen) atoms. The van der Waals surface area contributed by atoms with Gasteiger partial charge >= 0.3 is 0 Å². The molecule has 6 nitrogen and oxygen atoms in total. The molecule has 1 aromatic carbocycles. The third kappa shape index (κ3) is 3.62. The Kier molecular flexibility index (Phi) is 4.97. The number of carbonyl (C=O) groups is 2. The average Bonchev–Trinajstić information content (AvgIpc) is 2.62. The Bertz CT molecular complexity index is 810. The van der Waals surface area contributed by atoms with Crippen LogP contribution in [0.15, 0.2) is 18.2 Å². The molecule has 0 spiro atoms. The Labute approximate surface area is 147 Å². The second-order valence-electron chi connectivity index (χ2n) is 6.52. The molecule has 0 radical (unpaired) electrons. The summed E-state index contributed by atoms with van der Waals surface area (Å²) in [7, 11) is 0. The van der Waals surface area contributed by atoms with E-state index in [1.807, 2.05) is 48.8 Å². The maximum atomic E-state index is 12.8. The first-order valence-corrected chi connectivity index (χ1v) is 8.81. The van der Waals surface area contributed by atoms with Crippen LogP contribution >= 0.6 is 0 Å². The molecule has 1 aliphatic heterocycles. The van der Waals surface area contributed by atoms with Crippen molar-refractivity contribution in [3.05, 3.63) is 35.2 Å². The van der Waals surface area contributed by atoms with Crippen molar-refractivity contribution in [3.8, 4) is 0 Å². The normalized spacial score (nSPS) is 14.8. The molecule has 0 atom stereocenters. The van der Waals surface area contributed by atoms with E-state index in [2.05, 4.69) is 9.97 Å². The zero-order chi connectivity index (χ0) is 18.0. The van der Waals surface area contributed by atoms with Gasteiger partial charge in [-0.05, 0) is 38.5 Å². The molecule has 1 aromatic heterocycles. The van der Waals surface area contributed by atoms with Gasteiger partial charge in [-0.2, -0.15) is 0 Å². The number of hydrogen-bond donors (Lipinski definition) is 0. The molecule has 0 N–H and O–H groups in total. The Morgan fingerprint density at radius 1 is 0.960 bits per heavy atom. The highest BCUT2D eigenvalue weighted by Gasteiger charge is 2.24. The Hall–Kier alpha value is -2.50. The quantitative estimate of drug-likeness (QED) is 0.860. The van der Waals surface area contributed by atoms with Crippen LogP contribution in [0.3, 0.4) is 0 Å². The van der Waals surface area contributed by atoms with E-state index in [-0.39, 0.29) is 11.8 Å². The number of carbonyl (C=O) groups excluding carboxylic acids is 2. The summed E-state index contributed by atoms with van der Waals surface area (Å²) in [6, 6.07) is 5.47. The van der Waals surface area contributed by atoms with E-state index < -0.39 is 0 Å². The summed E-state index contributed by atoms with van der Waals surface area (Å²) >= 11 is 0. The molecule has 0 unspecified atom stereocenters. The molecule has 1 fully saturated rings. The van der Waals surface area contributed by atoms with Crippen LogP contribution in [0.1, 0.15) is 41.5 Å². The summed E-state index contributed by atoms with van der Waals surface area (Å²) in [5, 5.41) is 0. The maximum Gasteiger partial charge on any atom is 0.254 e. The lowest BCUT2D eigenvalue weighted by molar-refractivity contribution is -0.132. The van der Waals surface area contributed by atoms with Crippen LogP contribution in [0.5, 0.6) is 0 Å². The number of piperazine rings is 1. The molecule has 1 saturated heterocycles. The number of benzene rings is 1. The van der Waals surface area contributed by atoms with Crippen LogP contribution in [0.4, 0.5) is 0 Å². The van der Waals surface area contributed by atoms with E-state index in [9.17, 15) is 9.59 Å². The number of hydrogen-bond acceptors (Lipinski definition) is 4. The Balaban J connectivity index is 1.72. The SMILES string of the molecule is CCCC(=O)N1CCN(C(=O)c2ccc3nc(C)c(C)nc3c2)CC1. The van der Waals surface area contributed by atoms with Crippen molar-refractivity contribution < 1.29 is 9.59 Å². The minimum absolute atomic E-state index is 0.00971. The zero-order valence-corrected chi connectivity index (χ0v) is 15.1. The first-order valence-electron chi connectivity index (χ1n) is 8.81. The highest BCUT2D eigenvalue weighted by molar-refractivity contribution is 5.97. The van der Waals surface area contributed by atoms with Crippen LogP contribution in [0.25, 0.3) is 11.0 Å². The molecule has 0 aliphatic carbocycles. The van der Waals surface area contributed by atoms with Gasteiger partial charge in [-0.15, -0.1) is 0 Å². The lowest BCUT2D eigenvalue weighted by Crippen LogP contribution is -2.50. The molecular formula is C19H24N4O2. The van der Waals surface area contributed by atoms with E-state index in [0.29, 0.717) is 38.2 Å². The number of amides is 2.